The van der Waals surface area contributed by atoms with Gasteiger partial charge in [-0.1, -0.05) is 34.1 Å². The first kappa shape index (κ1) is 12.8. The average Bonchev–Trinajstić information content (AvgIpc) is 2.29. The predicted octanol–water partition coefficient (Wildman–Crippen LogP) is 2.55. The molecule has 0 aromatic heterocycles. The van der Waals surface area contributed by atoms with Gasteiger partial charge in [0.15, 0.2) is 0 Å². The van der Waals surface area contributed by atoms with Gasteiger partial charge in [0.1, 0.15) is 5.84 Å². The maximum Gasteiger partial charge on any atom is 0.143 e. The Morgan fingerprint density at radius 2 is 2.31 bits per heavy atom. The summed E-state index contributed by atoms with van der Waals surface area (Å²) >= 11 is 3.47. The number of nitrogens with zero attached hydrogens (tertiary/aromatic N) is 1. The summed E-state index contributed by atoms with van der Waals surface area (Å²) in [5.41, 5.74) is 7.69. The fourth-order valence-corrected chi connectivity index (χ4v) is 1.63. The molecule has 88 valence electrons. The van der Waals surface area contributed by atoms with E-state index < -0.39 is 0 Å². The molecule has 1 aromatic rings. The summed E-state index contributed by atoms with van der Waals surface area (Å²) in [5, 5.41) is 14.8. The van der Waals surface area contributed by atoms with Gasteiger partial charge in [0.2, 0.25) is 0 Å². The minimum absolute atomic E-state index is 0.0108. The Bertz CT molecular complexity index is 393. The summed E-state index contributed by atoms with van der Waals surface area (Å²) < 4.78 is 1.06. The molecule has 0 aliphatic rings. The lowest BCUT2D eigenvalue weighted by Crippen LogP contribution is -2.27. The highest BCUT2D eigenvalue weighted by Crippen LogP contribution is 2.23. The number of benzene rings is 1. The largest absolute Gasteiger partial charge is 0.409 e. The molecule has 1 unspecified atom stereocenters. The van der Waals surface area contributed by atoms with Gasteiger partial charge in [0.25, 0.3) is 0 Å². The predicted molar refractivity (Wildman–Crippen MR) is 69.9 cm³/mol. The first-order chi connectivity index (χ1) is 7.56. The highest BCUT2D eigenvalue weighted by Gasteiger charge is 2.08. The van der Waals surface area contributed by atoms with E-state index in [0.717, 1.165) is 15.7 Å². The van der Waals surface area contributed by atoms with Crippen LogP contribution in [0, 0.1) is 12.8 Å². The van der Waals surface area contributed by atoms with Crippen LogP contribution in [-0.2, 0) is 0 Å². The van der Waals surface area contributed by atoms with E-state index in [1.54, 1.807) is 0 Å². The van der Waals surface area contributed by atoms with Crippen LogP contribution in [0.4, 0.5) is 5.69 Å². The number of rotatable bonds is 4. The highest BCUT2D eigenvalue weighted by atomic mass is 79.9. The molecule has 0 bridgehead atoms. The first-order valence-corrected chi connectivity index (χ1v) is 5.82. The molecule has 16 heavy (non-hydrogen) atoms. The van der Waals surface area contributed by atoms with Gasteiger partial charge in [-0.05, 0) is 24.6 Å². The SMILES string of the molecule is Cc1c(Br)cccc1NCC(C)/C(N)=N/O. The summed E-state index contributed by atoms with van der Waals surface area (Å²) in [4.78, 5) is 0. The molecule has 0 spiro atoms. The molecular formula is C11H16BrN3O. The zero-order valence-electron chi connectivity index (χ0n) is 9.37. The minimum atomic E-state index is -0.0108. The van der Waals surface area contributed by atoms with Crippen LogP contribution in [0.2, 0.25) is 0 Å². The lowest BCUT2D eigenvalue weighted by molar-refractivity contribution is 0.315. The normalized spacial score (nSPS) is 13.6. The van der Waals surface area contributed by atoms with Crippen LogP contribution in [0.25, 0.3) is 0 Å². The summed E-state index contributed by atoms with van der Waals surface area (Å²) in [5.74, 6) is 0.225. The van der Waals surface area contributed by atoms with E-state index in [2.05, 4.69) is 26.4 Å². The number of hydrogen-bond donors (Lipinski definition) is 3. The molecule has 0 fully saturated rings. The second-order valence-electron chi connectivity index (χ2n) is 3.72. The van der Waals surface area contributed by atoms with Crippen molar-refractivity contribution in [3.8, 4) is 0 Å². The molecule has 0 saturated heterocycles. The topological polar surface area (TPSA) is 70.6 Å². The number of anilines is 1. The second-order valence-corrected chi connectivity index (χ2v) is 4.57. The van der Waals surface area contributed by atoms with E-state index in [9.17, 15) is 0 Å². The number of oxime groups is 1. The van der Waals surface area contributed by atoms with E-state index in [1.807, 2.05) is 32.0 Å². The van der Waals surface area contributed by atoms with Gasteiger partial charge < -0.3 is 16.3 Å². The van der Waals surface area contributed by atoms with Crippen molar-refractivity contribution >= 4 is 27.5 Å². The average molecular weight is 286 g/mol. The molecule has 4 N–H and O–H groups in total. The van der Waals surface area contributed by atoms with Gasteiger partial charge in [0.05, 0.1) is 0 Å². The van der Waals surface area contributed by atoms with E-state index in [4.69, 9.17) is 10.9 Å². The summed E-state index contributed by atoms with van der Waals surface area (Å²) in [6.45, 7) is 4.56. The lowest BCUT2D eigenvalue weighted by atomic mass is 10.1. The highest BCUT2D eigenvalue weighted by molar-refractivity contribution is 9.10. The third-order valence-electron chi connectivity index (χ3n) is 2.49. The maximum atomic E-state index is 8.53. The molecule has 1 aromatic carbocycles. The van der Waals surface area contributed by atoms with Gasteiger partial charge in [-0.3, -0.25) is 0 Å². The van der Waals surface area contributed by atoms with Crippen molar-refractivity contribution in [2.75, 3.05) is 11.9 Å². The smallest absolute Gasteiger partial charge is 0.143 e. The van der Waals surface area contributed by atoms with Crippen molar-refractivity contribution in [1.82, 2.24) is 0 Å². The maximum absolute atomic E-state index is 8.53. The van der Waals surface area contributed by atoms with Crippen LogP contribution in [0.5, 0.6) is 0 Å². The Kier molecular flexibility index (Phi) is 4.61. The van der Waals surface area contributed by atoms with Crippen LogP contribution in [0.1, 0.15) is 12.5 Å². The van der Waals surface area contributed by atoms with Crippen molar-refractivity contribution in [3.05, 3.63) is 28.2 Å². The Hall–Kier alpha value is -1.23. The Morgan fingerprint density at radius 3 is 2.94 bits per heavy atom. The van der Waals surface area contributed by atoms with Gasteiger partial charge in [0, 0.05) is 22.6 Å². The van der Waals surface area contributed by atoms with Crippen LogP contribution in [0.15, 0.2) is 27.8 Å². The van der Waals surface area contributed by atoms with Gasteiger partial charge in [-0.2, -0.15) is 0 Å². The number of halogens is 1. The molecule has 0 radical (unpaired) electrons. The molecule has 4 nitrogen and oxygen atoms in total. The molecule has 0 amide bonds. The van der Waals surface area contributed by atoms with E-state index in [1.165, 1.54) is 0 Å². The lowest BCUT2D eigenvalue weighted by Gasteiger charge is -2.14. The zero-order valence-corrected chi connectivity index (χ0v) is 11.0. The van der Waals surface area contributed by atoms with Crippen molar-refractivity contribution in [2.45, 2.75) is 13.8 Å². The summed E-state index contributed by atoms with van der Waals surface area (Å²) in [6, 6.07) is 5.96. The Morgan fingerprint density at radius 1 is 1.62 bits per heavy atom. The Labute approximate surface area is 104 Å². The fourth-order valence-electron chi connectivity index (χ4n) is 1.27. The molecule has 0 saturated carbocycles. The number of amidine groups is 1. The van der Waals surface area contributed by atoms with Crippen LogP contribution >= 0.6 is 15.9 Å². The van der Waals surface area contributed by atoms with Crippen LogP contribution in [-0.4, -0.2) is 17.6 Å². The van der Waals surface area contributed by atoms with Crippen molar-refractivity contribution < 1.29 is 5.21 Å². The quantitative estimate of drug-likeness (QED) is 0.345. The molecule has 0 aliphatic heterocycles. The van der Waals surface area contributed by atoms with E-state index in [-0.39, 0.29) is 11.8 Å². The van der Waals surface area contributed by atoms with E-state index >= 15 is 0 Å². The zero-order chi connectivity index (χ0) is 12.1. The van der Waals surface area contributed by atoms with Crippen molar-refractivity contribution in [2.24, 2.45) is 16.8 Å². The third kappa shape index (κ3) is 3.13. The molecule has 5 heteroatoms. The second kappa shape index (κ2) is 5.75. The summed E-state index contributed by atoms with van der Waals surface area (Å²) in [6.07, 6.45) is 0. The molecule has 1 atom stereocenters. The van der Waals surface area contributed by atoms with Crippen molar-refractivity contribution in [3.63, 3.8) is 0 Å². The monoisotopic (exact) mass is 285 g/mol. The summed E-state index contributed by atoms with van der Waals surface area (Å²) in [7, 11) is 0. The molecule has 0 aliphatic carbocycles. The third-order valence-corrected chi connectivity index (χ3v) is 3.35. The first-order valence-electron chi connectivity index (χ1n) is 5.02. The molecular weight excluding hydrogens is 270 g/mol. The number of nitrogens with one attached hydrogen (secondary N) is 1. The van der Waals surface area contributed by atoms with Crippen LogP contribution < -0.4 is 11.1 Å². The standard InChI is InChI=1S/C11H16BrN3O/c1-7(11(13)15-16)6-14-10-5-3-4-9(12)8(10)2/h3-5,7,14,16H,6H2,1-2H3,(H2,13,15). The van der Waals surface area contributed by atoms with Gasteiger partial charge in [-0.15, -0.1) is 0 Å². The van der Waals surface area contributed by atoms with Gasteiger partial charge in [-0.25, -0.2) is 0 Å². The molecule has 1 rings (SSSR count). The fraction of sp³-hybridized carbons (Fsp3) is 0.364. The minimum Gasteiger partial charge on any atom is -0.409 e. The number of hydrogen-bond acceptors (Lipinski definition) is 3. The van der Waals surface area contributed by atoms with E-state index in [0.29, 0.717) is 6.54 Å². The Balaban J connectivity index is 2.65. The molecule has 0 heterocycles. The van der Waals surface area contributed by atoms with Gasteiger partial charge >= 0.3 is 0 Å². The number of nitrogens with two attached hydrogens (primary N) is 1. The van der Waals surface area contributed by atoms with Crippen LogP contribution in [0.3, 0.4) is 0 Å². The van der Waals surface area contributed by atoms with Crippen molar-refractivity contribution in [1.29, 1.82) is 0 Å².